The number of nitrogens with zero attached hydrogens (tertiary/aromatic N) is 1. The molecule has 0 saturated heterocycles. The first-order valence-corrected chi connectivity index (χ1v) is 11.5. The van der Waals surface area contributed by atoms with Crippen molar-refractivity contribution in [3.05, 3.63) is 106 Å². The van der Waals surface area contributed by atoms with Crippen LogP contribution in [0.2, 0.25) is 5.02 Å². The van der Waals surface area contributed by atoms with Crippen molar-refractivity contribution in [1.82, 2.24) is 0 Å². The van der Waals surface area contributed by atoms with Crippen LogP contribution >= 0.6 is 11.6 Å². The van der Waals surface area contributed by atoms with Crippen molar-refractivity contribution in [1.29, 1.82) is 0 Å². The molecule has 3 aromatic carbocycles. The molecular formula is C28H25ClN2O2. The van der Waals surface area contributed by atoms with Crippen LogP contribution in [-0.2, 0) is 9.59 Å². The minimum Gasteiger partial charge on any atom is -0.357 e. The summed E-state index contributed by atoms with van der Waals surface area (Å²) in [6.45, 7) is 3.59. The van der Waals surface area contributed by atoms with Gasteiger partial charge >= 0.3 is 0 Å². The van der Waals surface area contributed by atoms with E-state index in [4.69, 9.17) is 11.6 Å². The predicted octanol–water partition coefficient (Wildman–Crippen LogP) is 6.57. The van der Waals surface area contributed by atoms with Gasteiger partial charge in [-0.25, -0.2) is 0 Å². The number of aryl methyl sites for hydroxylation is 1. The number of fused-ring (bicyclic) bond motifs is 1. The Morgan fingerprint density at radius 2 is 1.67 bits per heavy atom. The molecule has 0 unspecified atom stereocenters. The Kier molecular flexibility index (Phi) is 5.55. The van der Waals surface area contributed by atoms with E-state index in [1.165, 1.54) is 0 Å². The van der Waals surface area contributed by atoms with Crippen molar-refractivity contribution in [2.75, 3.05) is 10.2 Å². The summed E-state index contributed by atoms with van der Waals surface area (Å²) in [6, 6.07) is 23.1. The van der Waals surface area contributed by atoms with Crippen molar-refractivity contribution in [3.63, 3.8) is 0 Å². The molecule has 0 bridgehead atoms. The van der Waals surface area contributed by atoms with E-state index in [9.17, 15) is 9.59 Å². The van der Waals surface area contributed by atoms with Crippen LogP contribution in [0.1, 0.15) is 48.4 Å². The molecule has 0 radical (unpaired) electrons. The van der Waals surface area contributed by atoms with Gasteiger partial charge in [0.05, 0.1) is 17.4 Å². The summed E-state index contributed by atoms with van der Waals surface area (Å²) in [5.41, 5.74) is 6.14. The largest absolute Gasteiger partial charge is 0.357 e. The van der Waals surface area contributed by atoms with Crippen LogP contribution in [-0.4, -0.2) is 11.7 Å². The number of hydrogen-bond donors (Lipinski definition) is 1. The van der Waals surface area contributed by atoms with Crippen LogP contribution in [0.5, 0.6) is 0 Å². The van der Waals surface area contributed by atoms with Crippen molar-refractivity contribution in [2.24, 2.45) is 0 Å². The Morgan fingerprint density at radius 1 is 0.970 bits per heavy atom. The van der Waals surface area contributed by atoms with Crippen LogP contribution in [0.4, 0.5) is 11.4 Å². The molecule has 0 fully saturated rings. The minimum absolute atomic E-state index is 0.0211. The Labute approximate surface area is 198 Å². The Morgan fingerprint density at radius 3 is 2.39 bits per heavy atom. The molecule has 0 saturated carbocycles. The number of amides is 1. The number of rotatable bonds is 2. The van der Waals surface area contributed by atoms with Crippen LogP contribution < -0.4 is 10.2 Å². The van der Waals surface area contributed by atoms with E-state index >= 15 is 0 Å². The second-order valence-corrected chi connectivity index (χ2v) is 9.19. The highest BCUT2D eigenvalue weighted by Crippen LogP contribution is 2.47. The Hall–Kier alpha value is -3.37. The number of anilines is 2. The molecule has 166 valence electrons. The number of halogens is 1. The predicted molar refractivity (Wildman–Crippen MR) is 133 cm³/mol. The van der Waals surface area contributed by atoms with E-state index in [0.29, 0.717) is 23.4 Å². The highest BCUT2D eigenvalue weighted by atomic mass is 35.5. The molecule has 2 aliphatic rings. The first-order chi connectivity index (χ1) is 15.9. The minimum atomic E-state index is -0.492. The first-order valence-electron chi connectivity index (χ1n) is 11.2. The molecule has 33 heavy (non-hydrogen) atoms. The van der Waals surface area contributed by atoms with Gasteiger partial charge in [-0.15, -0.1) is 0 Å². The molecule has 1 aliphatic carbocycles. The zero-order valence-electron chi connectivity index (χ0n) is 18.6. The number of allylic oxidation sites excluding steroid dienone is 1. The number of ketones is 1. The van der Waals surface area contributed by atoms with Crippen molar-refractivity contribution in [3.8, 4) is 0 Å². The molecule has 5 heteroatoms. The highest BCUT2D eigenvalue weighted by Gasteiger charge is 2.41. The lowest BCUT2D eigenvalue weighted by molar-refractivity contribution is -0.117. The summed E-state index contributed by atoms with van der Waals surface area (Å²) < 4.78 is 0. The van der Waals surface area contributed by atoms with Gasteiger partial charge in [0.25, 0.3) is 0 Å². The third-order valence-electron chi connectivity index (χ3n) is 6.57. The lowest BCUT2D eigenvalue weighted by atomic mass is 9.78. The maximum absolute atomic E-state index is 13.8. The number of carbonyl (C=O) groups is 2. The van der Waals surface area contributed by atoms with E-state index in [-0.39, 0.29) is 17.6 Å². The molecule has 5 rings (SSSR count). The summed E-state index contributed by atoms with van der Waals surface area (Å²) in [5, 5.41) is 4.20. The summed E-state index contributed by atoms with van der Waals surface area (Å²) in [6.07, 6.45) is 1.00. The van der Waals surface area contributed by atoms with Crippen molar-refractivity contribution < 1.29 is 9.59 Å². The fourth-order valence-corrected chi connectivity index (χ4v) is 5.32. The van der Waals surface area contributed by atoms with E-state index in [2.05, 4.69) is 5.32 Å². The Bertz CT molecular complexity index is 1280. The van der Waals surface area contributed by atoms with E-state index in [0.717, 1.165) is 33.8 Å². The first kappa shape index (κ1) is 21.5. The topological polar surface area (TPSA) is 49.4 Å². The van der Waals surface area contributed by atoms with Crippen LogP contribution in [0, 0.1) is 6.92 Å². The number of Topliss-reactive ketones (excluding diaryl/α,β-unsaturated/α-hetero) is 1. The van der Waals surface area contributed by atoms with Gasteiger partial charge in [-0.1, -0.05) is 71.8 Å². The highest BCUT2D eigenvalue weighted by molar-refractivity contribution is 6.31. The van der Waals surface area contributed by atoms with E-state index in [1.807, 2.05) is 79.7 Å². The van der Waals surface area contributed by atoms with E-state index in [1.54, 1.807) is 11.8 Å². The van der Waals surface area contributed by atoms with Crippen molar-refractivity contribution >= 4 is 34.7 Å². The molecule has 2 atom stereocenters. The molecule has 3 aromatic rings. The quantitative estimate of drug-likeness (QED) is 0.474. The fourth-order valence-electron chi connectivity index (χ4n) is 5.03. The number of para-hydroxylation sites is 2. The zero-order chi connectivity index (χ0) is 23.1. The smallest absolute Gasteiger partial charge is 0.224 e. The van der Waals surface area contributed by atoms with Gasteiger partial charge < -0.3 is 5.32 Å². The third-order valence-corrected chi connectivity index (χ3v) is 6.91. The normalized spacial score (nSPS) is 20.0. The average molecular weight is 457 g/mol. The number of carbonyl (C=O) groups excluding carboxylic acids is 2. The van der Waals surface area contributed by atoms with Gasteiger partial charge in [-0.3, -0.25) is 14.5 Å². The average Bonchev–Trinajstić information content (AvgIpc) is 2.94. The van der Waals surface area contributed by atoms with Crippen LogP contribution in [0.15, 0.2) is 84.1 Å². The number of nitrogens with one attached hydrogen (secondary N) is 1. The summed E-state index contributed by atoms with van der Waals surface area (Å²) in [4.78, 5) is 28.5. The zero-order valence-corrected chi connectivity index (χ0v) is 19.4. The standard InChI is InChI=1S/C28H25ClN2O2/c1-17-11-13-19(14-12-17)28-27-24(30-23-9-5-6-10-25(23)31(28)18(2)32)15-20(16-26(27)33)21-7-3-4-8-22(21)29/h3-14,20,28,30H,15-16H2,1-2H3/t20-,28-/m0/s1. The van der Waals surface area contributed by atoms with Gasteiger partial charge in [0.2, 0.25) is 5.91 Å². The summed E-state index contributed by atoms with van der Waals surface area (Å²) in [5.74, 6) is -0.0879. The van der Waals surface area contributed by atoms with Gasteiger partial charge in [-0.2, -0.15) is 0 Å². The van der Waals surface area contributed by atoms with Gasteiger partial charge in [0.15, 0.2) is 5.78 Å². The van der Waals surface area contributed by atoms with Crippen molar-refractivity contribution in [2.45, 2.75) is 38.6 Å². The number of hydrogen-bond acceptors (Lipinski definition) is 3. The molecule has 0 spiro atoms. The third kappa shape index (κ3) is 3.85. The maximum Gasteiger partial charge on any atom is 0.224 e. The molecule has 1 N–H and O–H groups in total. The molecule has 1 heterocycles. The SMILES string of the molecule is CC(=O)N1c2ccccc2NC2=C(C(=O)C[C@@H](c3ccccc3Cl)C2)[C@@H]1c1ccc(C)cc1. The van der Waals surface area contributed by atoms with E-state index < -0.39 is 6.04 Å². The number of benzene rings is 3. The molecule has 1 amide bonds. The molecule has 0 aromatic heterocycles. The maximum atomic E-state index is 13.8. The summed E-state index contributed by atoms with van der Waals surface area (Å²) >= 11 is 6.50. The lowest BCUT2D eigenvalue weighted by Gasteiger charge is -2.34. The molecule has 4 nitrogen and oxygen atoms in total. The fraction of sp³-hybridized carbons (Fsp3) is 0.214. The second kappa shape index (κ2) is 8.53. The summed E-state index contributed by atoms with van der Waals surface area (Å²) in [7, 11) is 0. The monoisotopic (exact) mass is 456 g/mol. The molecular weight excluding hydrogens is 432 g/mol. The van der Waals surface area contributed by atoms with Crippen LogP contribution in [0.3, 0.4) is 0 Å². The van der Waals surface area contributed by atoms with Gasteiger partial charge in [0.1, 0.15) is 0 Å². The van der Waals surface area contributed by atoms with Crippen LogP contribution in [0.25, 0.3) is 0 Å². The lowest BCUT2D eigenvalue weighted by Crippen LogP contribution is -2.37. The molecule has 1 aliphatic heterocycles. The Balaban J connectivity index is 1.71. The second-order valence-electron chi connectivity index (χ2n) is 8.79. The van der Waals surface area contributed by atoms with Gasteiger partial charge in [-0.05, 0) is 48.6 Å². The van der Waals surface area contributed by atoms with Gasteiger partial charge in [0, 0.05) is 29.6 Å².